The summed E-state index contributed by atoms with van der Waals surface area (Å²) in [6.07, 6.45) is 5.36. The molecule has 114 valence electrons. The summed E-state index contributed by atoms with van der Waals surface area (Å²) in [7, 11) is 5.17. The number of hydrogen-bond donors (Lipinski definition) is 0. The van der Waals surface area contributed by atoms with E-state index >= 15 is 0 Å². The maximum atomic E-state index is 12.4. The first kappa shape index (κ1) is 14.2. The molecule has 0 N–H and O–H groups in total. The molecule has 0 unspecified atom stereocenters. The number of hydrogen-bond acceptors (Lipinski definition) is 4. The smallest absolute Gasteiger partial charge is 0.231 e. The van der Waals surface area contributed by atoms with Crippen LogP contribution >= 0.6 is 0 Å². The summed E-state index contributed by atoms with van der Waals surface area (Å²) in [5, 5.41) is 5.00. The van der Waals surface area contributed by atoms with Gasteiger partial charge < -0.3 is 14.1 Å². The van der Waals surface area contributed by atoms with Crippen molar-refractivity contribution in [2.24, 2.45) is 7.05 Å². The molecule has 0 saturated carbocycles. The monoisotopic (exact) mass is 299 g/mol. The van der Waals surface area contributed by atoms with Crippen molar-refractivity contribution < 1.29 is 13.9 Å². The van der Waals surface area contributed by atoms with Crippen molar-refractivity contribution in [2.75, 3.05) is 19.1 Å². The number of carbonyl (C=O) groups excluding carboxylic acids is 1. The van der Waals surface area contributed by atoms with Gasteiger partial charge >= 0.3 is 0 Å². The lowest BCUT2D eigenvalue weighted by Gasteiger charge is -2.14. The van der Waals surface area contributed by atoms with E-state index in [2.05, 4.69) is 5.10 Å². The highest BCUT2D eigenvalue weighted by Crippen LogP contribution is 2.26. The van der Waals surface area contributed by atoms with Gasteiger partial charge in [0.05, 0.1) is 31.7 Å². The minimum absolute atomic E-state index is 0.0217. The molecular formula is C16H17N3O3. The van der Waals surface area contributed by atoms with Gasteiger partial charge in [-0.25, -0.2) is 0 Å². The Labute approximate surface area is 127 Å². The molecule has 3 aromatic rings. The van der Waals surface area contributed by atoms with Crippen molar-refractivity contribution in [3.63, 3.8) is 0 Å². The second-order valence-electron chi connectivity index (χ2n) is 5.12. The van der Waals surface area contributed by atoms with Gasteiger partial charge in [-0.2, -0.15) is 5.10 Å². The Balaban J connectivity index is 1.82. The minimum Gasteiger partial charge on any atom is -0.497 e. The molecule has 0 radical (unpaired) electrons. The summed E-state index contributed by atoms with van der Waals surface area (Å²) in [4.78, 5) is 14.0. The van der Waals surface area contributed by atoms with Crippen LogP contribution in [0.1, 0.15) is 5.56 Å². The SMILES string of the molecule is COc1ccc2c(CC(=O)N(C)c3cnn(C)c3)coc2c1. The van der Waals surface area contributed by atoms with Crippen molar-refractivity contribution in [1.82, 2.24) is 9.78 Å². The highest BCUT2D eigenvalue weighted by Gasteiger charge is 2.16. The molecule has 0 bridgehead atoms. The fourth-order valence-corrected chi connectivity index (χ4v) is 2.33. The third-order valence-electron chi connectivity index (χ3n) is 3.66. The molecule has 0 aliphatic rings. The summed E-state index contributed by atoms with van der Waals surface area (Å²) in [6, 6.07) is 5.58. The normalized spacial score (nSPS) is 10.9. The molecule has 6 nitrogen and oxygen atoms in total. The highest BCUT2D eigenvalue weighted by molar-refractivity contribution is 5.96. The van der Waals surface area contributed by atoms with Gasteiger partial charge in [0.2, 0.25) is 5.91 Å². The van der Waals surface area contributed by atoms with Crippen LogP contribution in [0.5, 0.6) is 5.75 Å². The number of rotatable bonds is 4. The Kier molecular flexibility index (Phi) is 3.58. The quantitative estimate of drug-likeness (QED) is 0.742. The topological polar surface area (TPSA) is 60.5 Å². The van der Waals surface area contributed by atoms with E-state index in [1.54, 1.807) is 42.4 Å². The van der Waals surface area contributed by atoms with Gasteiger partial charge in [0.25, 0.3) is 0 Å². The number of anilines is 1. The number of benzene rings is 1. The maximum Gasteiger partial charge on any atom is 0.231 e. The minimum atomic E-state index is -0.0217. The number of carbonyl (C=O) groups is 1. The van der Waals surface area contributed by atoms with E-state index in [4.69, 9.17) is 9.15 Å². The molecule has 0 spiro atoms. The average molecular weight is 299 g/mol. The second kappa shape index (κ2) is 5.55. The van der Waals surface area contributed by atoms with E-state index in [0.717, 1.165) is 22.4 Å². The van der Waals surface area contributed by atoms with E-state index < -0.39 is 0 Å². The summed E-state index contributed by atoms with van der Waals surface area (Å²) in [5.41, 5.74) is 2.34. The van der Waals surface area contributed by atoms with Crippen molar-refractivity contribution in [2.45, 2.75) is 6.42 Å². The van der Waals surface area contributed by atoms with Gasteiger partial charge in [-0.15, -0.1) is 0 Å². The van der Waals surface area contributed by atoms with Crippen LogP contribution in [0.2, 0.25) is 0 Å². The number of aryl methyl sites for hydroxylation is 1. The Hall–Kier alpha value is -2.76. The highest BCUT2D eigenvalue weighted by atomic mass is 16.5. The number of likely N-dealkylation sites (N-methyl/N-ethyl adjacent to an activating group) is 1. The van der Waals surface area contributed by atoms with Crippen molar-refractivity contribution >= 4 is 22.6 Å². The van der Waals surface area contributed by atoms with Gasteiger partial charge in [0, 0.05) is 37.3 Å². The second-order valence-corrected chi connectivity index (χ2v) is 5.12. The van der Waals surface area contributed by atoms with Gasteiger partial charge in [-0.1, -0.05) is 0 Å². The zero-order chi connectivity index (χ0) is 15.7. The zero-order valence-corrected chi connectivity index (χ0v) is 12.7. The number of aromatic nitrogens is 2. The standard InChI is InChI=1S/C16H17N3O3/c1-18-9-12(8-17-18)19(2)16(20)6-11-10-22-15-7-13(21-3)4-5-14(11)15/h4-5,7-10H,6H2,1-3H3. The van der Waals surface area contributed by atoms with E-state index in [1.165, 1.54) is 0 Å². The van der Waals surface area contributed by atoms with Crippen molar-refractivity contribution in [3.05, 3.63) is 42.4 Å². The average Bonchev–Trinajstić information content (AvgIpc) is 3.12. The summed E-state index contributed by atoms with van der Waals surface area (Å²) >= 11 is 0. The molecule has 0 atom stereocenters. The largest absolute Gasteiger partial charge is 0.497 e. The molecule has 0 saturated heterocycles. The number of furan rings is 1. The zero-order valence-electron chi connectivity index (χ0n) is 12.7. The fourth-order valence-electron chi connectivity index (χ4n) is 2.33. The van der Waals surface area contributed by atoms with Crippen LogP contribution in [0, 0.1) is 0 Å². The number of nitrogens with zero attached hydrogens (tertiary/aromatic N) is 3. The molecule has 2 heterocycles. The summed E-state index contributed by atoms with van der Waals surface area (Å²) in [6.45, 7) is 0. The number of ether oxygens (including phenoxy) is 1. The third-order valence-corrected chi connectivity index (χ3v) is 3.66. The lowest BCUT2D eigenvalue weighted by molar-refractivity contribution is -0.117. The first-order valence-electron chi connectivity index (χ1n) is 6.88. The first-order chi connectivity index (χ1) is 10.6. The fraction of sp³-hybridized carbons (Fsp3) is 0.250. The summed E-state index contributed by atoms with van der Waals surface area (Å²) in [5.74, 6) is 0.707. The molecular weight excluding hydrogens is 282 g/mol. The molecule has 1 aromatic carbocycles. The number of amides is 1. The van der Waals surface area contributed by atoms with E-state index in [-0.39, 0.29) is 12.3 Å². The Morgan fingerprint density at radius 1 is 1.45 bits per heavy atom. The molecule has 3 rings (SSSR count). The van der Waals surface area contributed by atoms with Gasteiger partial charge in [-0.05, 0) is 12.1 Å². The number of methoxy groups -OCH3 is 1. The molecule has 2 aromatic heterocycles. The molecule has 1 amide bonds. The van der Waals surface area contributed by atoms with Crippen LogP contribution in [0.25, 0.3) is 11.0 Å². The predicted octanol–water partition coefficient (Wildman–Crippen LogP) is 2.38. The Morgan fingerprint density at radius 3 is 2.95 bits per heavy atom. The van der Waals surface area contributed by atoms with Crippen LogP contribution in [-0.2, 0) is 18.3 Å². The lowest BCUT2D eigenvalue weighted by Crippen LogP contribution is -2.27. The van der Waals surface area contributed by atoms with Crippen LogP contribution in [0.3, 0.4) is 0 Å². The molecule has 0 fully saturated rings. The predicted molar refractivity (Wildman–Crippen MR) is 83.1 cm³/mol. The van der Waals surface area contributed by atoms with Crippen LogP contribution in [0.15, 0.2) is 41.3 Å². The van der Waals surface area contributed by atoms with Crippen molar-refractivity contribution in [1.29, 1.82) is 0 Å². The number of fused-ring (bicyclic) bond motifs is 1. The van der Waals surface area contributed by atoms with Crippen LogP contribution < -0.4 is 9.64 Å². The summed E-state index contributed by atoms with van der Waals surface area (Å²) < 4.78 is 12.3. The molecule has 6 heteroatoms. The molecule has 0 aliphatic carbocycles. The van der Waals surface area contributed by atoms with Gasteiger partial charge in [0.1, 0.15) is 11.3 Å². The van der Waals surface area contributed by atoms with Crippen LogP contribution in [0.4, 0.5) is 5.69 Å². The maximum absolute atomic E-state index is 12.4. The first-order valence-corrected chi connectivity index (χ1v) is 6.88. The molecule has 0 aliphatic heterocycles. The van der Waals surface area contributed by atoms with E-state index in [9.17, 15) is 4.79 Å². The lowest BCUT2D eigenvalue weighted by atomic mass is 10.1. The molecule has 22 heavy (non-hydrogen) atoms. The third kappa shape index (κ3) is 2.55. The van der Waals surface area contributed by atoms with Gasteiger partial charge in [-0.3, -0.25) is 9.48 Å². The Bertz CT molecular complexity index is 819. The van der Waals surface area contributed by atoms with Gasteiger partial charge in [0.15, 0.2) is 0 Å². The van der Waals surface area contributed by atoms with E-state index in [0.29, 0.717) is 5.58 Å². The Morgan fingerprint density at radius 2 is 2.27 bits per heavy atom. The van der Waals surface area contributed by atoms with Crippen LogP contribution in [-0.4, -0.2) is 29.8 Å². The van der Waals surface area contributed by atoms with Crippen molar-refractivity contribution in [3.8, 4) is 5.75 Å². The van der Waals surface area contributed by atoms with E-state index in [1.807, 2.05) is 25.2 Å².